The second kappa shape index (κ2) is 8.38. The molecule has 0 aliphatic rings. The molecule has 0 aliphatic heterocycles. The van der Waals surface area contributed by atoms with Crippen LogP contribution in [0.2, 0.25) is 5.82 Å². The molecule has 0 heterocycles. The molecule has 18 heavy (non-hydrogen) atoms. The molecule has 0 aliphatic carbocycles. The number of benzene rings is 1. The Morgan fingerprint density at radius 3 is 2.56 bits per heavy atom. The van der Waals surface area contributed by atoms with Gasteiger partial charge in [0.05, 0.1) is 0 Å². The standard InChI is InChI=1S/C16H22OSe/c1-16(18-3,15-11-7-6-8-12-15)13-9-4-5-10-14-17-2/h6-8,11-12H,4,9,13-14H2,1-3H3. The van der Waals surface area contributed by atoms with Gasteiger partial charge in [0.25, 0.3) is 0 Å². The van der Waals surface area contributed by atoms with Crippen molar-refractivity contribution < 1.29 is 4.74 Å². The Morgan fingerprint density at radius 1 is 1.22 bits per heavy atom. The molecule has 0 radical (unpaired) electrons. The number of hydrogen-bond donors (Lipinski definition) is 0. The van der Waals surface area contributed by atoms with Gasteiger partial charge in [0.1, 0.15) is 0 Å². The van der Waals surface area contributed by atoms with Crippen LogP contribution in [-0.2, 0) is 9.05 Å². The maximum absolute atomic E-state index is 4.91. The molecule has 0 aromatic heterocycles. The molecule has 98 valence electrons. The van der Waals surface area contributed by atoms with E-state index in [1.54, 1.807) is 7.11 Å². The van der Waals surface area contributed by atoms with Crippen LogP contribution in [0.1, 0.15) is 31.7 Å². The Labute approximate surface area is 117 Å². The predicted molar refractivity (Wildman–Crippen MR) is 78.9 cm³/mol. The summed E-state index contributed by atoms with van der Waals surface area (Å²) in [4.78, 5) is 0. The zero-order valence-corrected chi connectivity index (χ0v) is 13.2. The van der Waals surface area contributed by atoms with Gasteiger partial charge in [-0.05, 0) is 0 Å². The minimum atomic E-state index is 0.344. The molecule has 0 spiro atoms. The Kier molecular flexibility index (Phi) is 7.13. The molecule has 1 aromatic carbocycles. The molecule has 1 aromatic rings. The Balaban J connectivity index is 2.49. The fraction of sp³-hybridized carbons (Fsp3) is 0.500. The summed E-state index contributed by atoms with van der Waals surface area (Å²) in [6.45, 7) is 2.93. The molecule has 0 N–H and O–H groups in total. The van der Waals surface area contributed by atoms with Gasteiger partial charge in [0.15, 0.2) is 0 Å². The monoisotopic (exact) mass is 310 g/mol. The first-order valence-corrected chi connectivity index (χ1v) is 8.85. The minimum absolute atomic E-state index is 0.344. The van der Waals surface area contributed by atoms with Crippen molar-refractivity contribution in [2.45, 2.75) is 36.3 Å². The quantitative estimate of drug-likeness (QED) is 0.444. The molecule has 1 atom stereocenters. The van der Waals surface area contributed by atoms with Gasteiger partial charge in [0, 0.05) is 0 Å². The molecule has 2 heteroatoms. The molecule has 0 saturated carbocycles. The van der Waals surface area contributed by atoms with Crippen LogP contribution in [0.25, 0.3) is 0 Å². The van der Waals surface area contributed by atoms with E-state index < -0.39 is 0 Å². The maximum atomic E-state index is 4.91. The number of rotatable bonds is 6. The summed E-state index contributed by atoms with van der Waals surface area (Å²) in [6.07, 6.45) is 3.36. The molecule has 1 rings (SSSR count). The average molecular weight is 309 g/mol. The molecule has 0 fully saturated rings. The summed E-state index contributed by atoms with van der Waals surface area (Å²) in [5, 5.41) is 0. The van der Waals surface area contributed by atoms with Gasteiger partial charge in [-0.25, -0.2) is 0 Å². The van der Waals surface area contributed by atoms with Crippen LogP contribution in [0.3, 0.4) is 0 Å². The number of unbranched alkanes of at least 4 members (excludes halogenated alkanes) is 1. The van der Waals surface area contributed by atoms with Crippen molar-refractivity contribution in [2.75, 3.05) is 13.7 Å². The zero-order chi connectivity index (χ0) is 13.3. The van der Waals surface area contributed by atoms with E-state index in [9.17, 15) is 0 Å². The van der Waals surface area contributed by atoms with Crippen LogP contribution in [-0.4, -0.2) is 28.7 Å². The predicted octanol–water partition coefficient (Wildman–Crippen LogP) is 3.47. The molecule has 0 bridgehead atoms. The molecule has 1 unspecified atom stereocenters. The summed E-state index contributed by atoms with van der Waals surface area (Å²) >= 11 is 0.605. The van der Waals surface area contributed by atoms with Crippen molar-refractivity contribution in [1.29, 1.82) is 0 Å². The third kappa shape index (κ3) is 4.86. The summed E-state index contributed by atoms with van der Waals surface area (Å²) in [5.41, 5.74) is 1.47. The van der Waals surface area contributed by atoms with Crippen LogP contribution in [0.15, 0.2) is 30.3 Å². The average Bonchev–Trinajstić information content (AvgIpc) is 2.43. The number of hydrogen-bond acceptors (Lipinski definition) is 1. The molecule has 0 saturated heterocycles. The summed E-state index contributed by atoms with van der Waals surface area (Å²) < 4.78 is 5.25. The zero-order valence-electron chi connectivity index (χ0n) is 11.5. The van der Waals surface area contributed by atoms with Crippen molar-refractivity contribution in [3.8, 4) is 11.8 Å². The van der Waals surface area contributed by atoms with E-state index in [-0.39, 0.29) is 0 Å². The molecule has 1 nitrogen and oxygen atoms in total. The number of ether oxygens (including phenoxy) is 1. The van der Waals surface area contributed by atoms with E-state index in [0.717, 1.165) is 12.8 Å². The summed E-state index contributed by atoms with van der Waals surface area (Å²) in [5.74, 6) is 8.51. The first-order chi connectivity index (χ1) is 8.73. The van der Waals surface area contributed by atoms with E-state index in [1.165, 1.54) is 12.0 Å². The van der Waals surface area contributed by atoms with Crippen molar-refractivity contribution in [1.82, 2.24) is 0 Å². The first-order valence-electron chi connectivity index (χ1n) is 6.28. The van der Waals surface area contributed by atoms with Crippen molar-refractivity contribution in [3.05, 3.63) is 35.9 Å². The third-order valence-corrected chi connectivity index (χ3v) is 5.95. The Hall–Kier alpha value is -0.741. The van der Waals surface area contributed by atoms with E-state index >= 15 is 0 Å². The Morgan fingerprint density at radius 2 is 1.94 bits per heavy atom. The molecular weight excluding hydrogens is 287 g/mol. The van der Waals surface area contributed by atoms with Crippen LogP contribution < -0.4 is 0 Å². The van der Waals surface area contributed by atoms with Gasteiger partial charge in [0.2, 0.25) is 0 Å². The van der Waals surface area contributed by atoms with Crippen molar-refractivity contribution >= 4 is 15.0 Å². The fourth-order valence-corrected chi connectivity index (χ4v) is 3.39. The van der Waals surface area contributed by atoms with E-state index in [1.807, 2.05) is 0 Å². The van der Waals surface area contributed by atoms with Gasteiger partial charge in [-0.2, -0.15) is 0 Å². The van der Waals surface area contributed by atoms with E-state index in [2.05, 4.69) is 54.9 Å². The third-order valence-electron chi connectivity index (χ3n) is 3.13. The van der Waals surface area contributed by atoms with Crippen molar-refractivity contribution in [2.24, 2.45) is 0 Å². The topological polar surface area (TPSA) is 9.23 Å². The van der Waals surface area contributed by atoms with Crippen LogP contribution in [0, 0.1) is 11.8 Å². The first kappa shape index (κ1) is 15.3. The summed E-state index contributed by atoms with van der Waals surface area (Å²) in [6, 6.07) is 10.9. The normalized spacial score (nSPS) is 13.5. The van der Waals surface area contributed by atoms with Crippen molar-refractivity contribution in [3.63, 3.8) is 0 Å². The van der Waals surface area contributed by atoms with Crippen LogP contribution >= 0.6 is 0 Å². The van der Waals surface area contributed by atoms with Gasteiger partial charge in [-0.1, -0.05) is 0 Å². The SMILES string of the molecule is COCC#CCCCC(C)([Se]C)c1ccccc1. The van der Waals surface area contributed by atoms with Crippen LogP contribution in [0.5, 0.6) is 0 Å². The molecular formula is C16H22OSe. The summed E-state index contributed by atoms with van der Waals surface area (Å²) in [7, 11) is 1.68. The van der Waals surface area contributed by atoms with Gasteiger partial charge in [-0.15, -0.1) is 0 Å². The van der Waals surface area contributed by atoms with E-state index in [0.29, 0.717) is 25.9 Å². The fourth-order valence-electron chi connectivity index (χ4n) is 1.88. The van der Waals surface area contributed by atoms with E-state index in [4.69, 9.17) is 4.74 Å². The van der Waals surface area contributed by atoms with Gasteiger partial charge >= 0.3 is 117 Å². The van der Waals surface area contributed by atoms with Crippen LogP contribution in [0.4, 0.5) is 0 Å². The molecule has 0 amide bonds. The second-order valence-electron chi connectivity index (χ2n) is 4.44. The second-order valence-corrected chi connectivity index (χ2v) is 7.19. The Bertz CT molecular complexity index is 391. The van der Waals surface area contributed by atoms with Gasteiger partial charge in [-0.3, -0.25) is 0 Å². The van der Waals surface area contributed by atoms with Gasteiger partial charge < -0.3 is 0 Å². The number of methoxy groups -OCH3 is 1.